The smallest absolute Gasteiger partial charge is 0.322 e. The molecule has 2 aromatic rings. The maximum absolute atomic E-state index is 12.0. The Kier molecular flexibility index (Phi) is 3.57. The van der Waals surface area contributed by atoms with Crippen LogP contribution in [0.3, 0.4) is 0 Å². The molecule has 0 atom stereocenters. The van der Waals surface area contributed by atoms with Gasteiger partial charge in [0.1, 0.15) is 0 Å². The SMILES string of the molecule is CCNc1ccccc1C(=O)Nc1nnc(C)o1. The molecule has 94 valence electrons. The Morgan fingerprint density at radius 1 is 1.33 bits per heavy atom. The molecule has 1 amide bonds. The number of para-hydroxylation sites is 1. The number of carbonyl (C=O) groups is 1. The minimum atomic E-state index is -0.282. The highest BCUT2D eigenvalue weighted by Gasteiger charge is 2.13. The van der Waals surface area contributed by atoms with Gasteiger partial charge in [0.05, 0.1) is 5.56 Å². The first-order valence-electron chi connectivity index (χ1n) is 5.65. The monoisotopic (exact) mass is 246 g/mol. The van der Waals surface area contributed by atoms with Crippen molar-refractivity contribution >= 4 is 17.6 Å². The first kappa shape index (κ1) is 12.1. The summed E-state index contributed by atoms with van der Waals surface area (Å²) in [7, 11) is 0. The lowest BCUT2D eigenvalue weighted by atomic mass is 10.1. The van der Waals surface area contributed by atoms with E-state index in [2.05, 4.69) is 20.8 Å². The van der Waals surface area contributed by atoms with Gasteiger partial charge in [-0.3, -0.25) is 10.1 Å². The van der Waals surface area contributed by atoms with Crippen LogP contribution >= 0.6 is 0 Å². The molecule has 6 nitrogen and oxygen atoms in total. The number of benzene rings is 1. The maximum Gasteiger partial charge on any atom is 0.322 e. The topological polar surface area (TPSA) is 80.0 Å². The zero-order valence-electron chi connectivity index (χ0n) is 10.2. The van der Waals surface area contributed by atoms with Crippen molar-refractivity contribution in [2.24, 2.45) is 0 Å². The molecular weight excluding hydrogens is 232 g/mol. The standard InChI is InChI=1S/C12H14N4O2/c1-3-13-10-7-5-4-6-9(10)11(17)14-12-16-15-8(2)18-12/h4-7,13H,3H2,1-2H3,(H,14,16,17). The largest absolute Gasteiger partial charge is 0.408 e. The number of carbonyl (C=O) groups excluding carboxylic acids is 1. The van der Waals surface area contributed by atoms with Crippen LogP contribution in [0.2, 0.25) is 0 Å². The highest BCUT2D eigenvalue weighted by molar-refractivity contribution is 6.07. The van der Waals surface area contributed by atoms with Gasteiger partial charge in [0.2, 0.25) is 5.89 Å². The molecule has 1 aromatic carbocycles. The van der Waals surface area contributed by atoms with Crippen molar-refractivity contribution in [1.82, 2.24) is 10.2 Å². The van der Waals surface area contributed by atoms with Crippen molar-refractivity contribution in [2.75, 3.05) is 17.2 Å². The predicted octanol–water partition coefficient (Wildman–Crippen LogP) is 2.06. The summed E-state index contributed by atoms with van der Waals surface area (Å²) in [6, 6.07) is 7.35. The van der Waals surface area contributed by atoms with Gasteiger partial charge in [0.25, 0.3) is 5.91 Å². The van der Waals surface area contributed by atoms with E-state index in [1.54, 1.807) is 19.1 Å². The van der Waals surface area contributed by atoms with Crippen LogP contribution in [0.1, 0.15) is 23.2 Å². The minimum absolute atomic E-state index is 0.101. The van der Waals surface area contributed by atoms with Gasteiger partial charge in [0, 0.05) is 19.2 Å². The number of nitrogens with zero attached hydrogens (tertiary/aromatic N) is 2. The number of amides is 1. The van der Waals surface area contributed by atoms with E-state index in [0.29, 0.717) is 11.5 Å². The lowest BCUT2D eigenvalue weighted by Gasteiger charge is -2.08. The summed E-state index contributed by atoms with van der Waals surface area (Å²) in [4.78, 5) is 12.0. The van der Waals surface area contributed by atoms with Crippen molar-refractivity contribution in [3.05, 3.63) is 35.7 Å². The number of anilines is 2. The van der Waals surface area contributed by atoms with E-state index in [1.165, 1.54) is 0 Å². The summed E-state index contributed by atoms with van der Waals surface area (Å²) in [5.74, 6) is 0.125. The number of hydrogen-bond acceptors (Lipinski definition) is 5. The third kappa shape index (κ3) is 2.65. The third-order valence-corrected chi connectivity index (χ3v) is 2.29. The maximum atomic E-state index is 12.0. The molecular formula is C12H14N4O2. The van der Waals surface area contributed by atoms with Gasteiger partial charge in [-0.15, -0.1) is 5.10 Å². The molecule has 0 unspecified atom stereocenters. The second-order valence-electron chi connectivity index (χ2n) is 3.66. The van der Waals surface area contributed by atoms with Gasteiger partial charge >= 0.3 is 6.01 Å². The van der Waals surface area contributed by atoms with Gasteiger partial charge in [-0.1, -0.05) is 17.2 Å². The average molecular weight is 246 g/mol. The summed E-state index contributed by atoms with van der Waals surface area (Å²) < 4.78 is 5.10. The van der Waals surface area contributed by atoms with Gasteiger partial charge in [0.15, 0.2) is 0 Å². The Bertz CT molecular complexity index is 551. The molecule has 2 N–H and O–H groups in total. The van der Waals surface area contributed by atoms with Crippen molar-refractivity contribution in [2.45, 2.75) is 13.8 Å². The molecule has 1 aromatic heterocycles. The quantitative estimate of drug-likeness (QED) is 0.863. The Labute approximate surface area is 104 Å². The molecule has 0 aliphatic heterocycles. The molecule has 6 heteroatoms. The zero-order chi connectivity index (χ0) is 13.0. The molecule has 0 bridgehead atoms. The first-order valence-corrected chi connectivity index (χ1v) is 5.65. The molecule has 0 radical (unpaired) electrons. The van der Waals surface area contributed by atoms with Crippen LogP contribution in [0.5, 0.6) is 0 Å². The fourth-order valence-corrected chi connectivity index (χ4v) is 1.54. The van der Waals surface area contributed by atoms with Gasteiger partial charge in [-0.25, -0.2) is 0 Å². The number of aromatic nitrogens is 2. The summed E-state index contributed by atoms with van der Waals surface area (Å²) in [6.07, 6.45) is 0. The van der Waals surface area contributed by atoms with E-state index in [4.69, 9.17) is 4.42 Å². The lowest BCUT2D eigenvalue weighted by Crippen LogP contribution is -2.14. The van der Waals surface area contributed by atoms with Crippen molar-refractivity contribution in [3.8, 4) is 0 Å². The summed E-state index contributed by atoms with van der Waals surface area (Å²) in [5, 5.41) is 13.0. The van der Waals surface area contributed by atoms with Crippen LogP contribution in [-0.4, -0.2) is 22.6 Å². The molecule has 0 aliphatic rings. The molecule has 0 aliphatic carbocycles. The number of hydrogen-bond donors (Lipinski definition) is 2. The van der Waals surface area contributed by atoms with Crippen molar-refractivity contribution in [1.29, 1.82) is 0 Å². The number of aryl methyl sites for hydroxylation is 1. The van der Waals surface area contributed by atoms with Crippen LogP contribution < -0.4 is 10.6 Å². The van der Waals surface area contributed by atoms with Crippen molar-refractivity contribution < 1.29 is 9.21 Å². The summed E-state index contributed by atoms with van der Waals surface area (Å²) >= 11 is 0. The van der Waals surface area contributed by atoms with E-state index < -0.39 is 0 Å². The third-order valence-electron chi connectivity index (χ3n) is 2.29. The molecule has 0 fully saturated rings. The molecule has 0 saturated carbocycles. The van der Waals surface area contributed by atoms with E-state index in [1.807, 2.05) is 19.1 Å². The molecule has 0 spiro atoms. The van der Waals surface area contributed by atoms with Gasteiger partial charge in [-0.05, 0) is 19.1 Å². The highest BCUT2D eigenvalue weighted by Crippen LogP contribution is 2.16. The van der Waals surface area contributed by atoms with Crippen LogP contribution in [0.25, 0.3) is 0 Å². The molecule has 0 saturated heterocycles. The second kappa shape index (κ2) is 5.31. The van der Waals surface area contributed by atoms with Gasteiger partial charge in [-0.2, -0.15) is 0 Å². The van der Waals surface area contributed by atoms with Gasteiger partial charge < -0.3 is 9.73 Å². The number of rotatable bonds is 4. The zero-order valence-corrected chi connectivity index (χ0v) is 10.2. The van der Waals surface area contributed by atoms with E-state index in [0.717, 1.165) is 12.2 Å². The van der Waals surface area contributed by atoms with E-state index >= 15 is 0 Å². The average Bonchev–Trinajstić information content (AvgIpc) is 2.76. The normalized spacial score (nSPS) is 10.1. The first-order chi connectivity index (χ1) is 8.70. The van der Waals surface area contributed by atoms with Crippen LogP contribution in [0.4, 0.5) is 11.7 Å². The highest BCUT2D eigenvalue weighted by atomic mass is 16.4. The van der Waals surface area contributed by atoms with Crippen LogP contribution in [-0.2, 0) is 0 Å². The summed E-state index contributed by atoms with van der Waals surface area (Å²) in [6.45, 7) is 4.37. The van der Waals surface area contributed by atoms with Crippen LogP contribution in [0.15, 0.2) is 28.7 Å². The number of nitrogens with one attached hydrogen (secondary N) is 2. The van der Waals surface area contributed by atoms with E-state index in [9.17, 15) is 4.79 Å². The Balaban J connectivity index is 2.18. The Morgan fingerprint density at radius 2 is 2.11 bits per heavy atom. The van der Waals surface area contributed by atoms with Crippen molar-refractivity contribution in [3.63, 3.8) is 0 Å². The van der Waals surface area contributed by atoms with Crippen LogP contribution in [0, 0.1) is 6.92 Å². The lowest BCUT2D eigenvalue weighted by molar-refractivity contribution is 0.102. The Morgan fingerprint density at radius 3 is 2.78 bits per heavy atom. The molecule has 18 heavy (non-hydrogen) atoms. The fraction of sp³-hybridized carbons (Fsp3) is 0.250. The molecule has 2 rings (SSSR count). The Hall–Kier alpha value is -2.37. The fourth-order valence-electron chi connectivity index (χ4n) is 1.54. The minimum Gasteiger partial charge on any atom is -0.408 e. The predicted molar refractivity (Wildman–Crippen MR) is 67.6 cm³/mol. The van der Waals surface area contributed by atoms with E-state index in [-0.39, 0.29) is 11.9 Å². The molecule has 1 heterocycles. The summed E-state index contributed by atoms with van der Waals surface area (Å²) in [5.41, 5.74) is 1.31. The second-order valence-corrected chi connectivity index (χ2v) is 3.66.